The largest absolute Gasteiger partial charge is 0.289 e. The molecule has 0 aliphatic rings. The minimum Gasteiger partial charge on any atom is -0.289 e. The van der Waals surface area contributed by atoms with Crippen molar-refractivity contribution in [2.75, 3.05) is 0 Å². The van der Waals surface area contributed by atoms with Crippen molar-refractivity contribution in [3.05, 3.63) is 44.8 Å². The van der Waals surface area contributed by atoms with Crippen LogP contribution in [0.15, 0.2) is 34.4 Å². The second-order valence-electron chi connectivity index (χ2n) is 3.27. The third-order valence-corrected chi connectivity index (χ3v) is 3.63. The van der Waals surface area contributed by atoms with Gasteiger partial charge in [-0.1, -0.05) is 0 Å². The fourth-order valence-electron chi connectivity index (χ4n) is 1.22. The van der Waals surface area contributed by atoms with E-state index in [9.17, 15) is 4.79 Å². The molecule has 0 spiro atoms. The van der Waals surface area contributed by atoms with Crippen LogP contribution in [0.2, 0.25) is 0 Å². The first-order valence-corrected chi connectivity index (χ1v) is 6.27. The van der Waals surface area contributed by atoms with E-state index in [-0.39, 0.29) is 5.78 Å². The molecule has 3 nitrogen and oxygen atoms in total. The molecule has 0 saturated carbocycles. The van der Waals surface area contributed by atoms with Gasteiger partial charge in [0.2, 0.25) is 0 Å². The first-order valence-electron chi connectivity index (χ1n) is 4.60. The van der Waals surface area contributed by atoms with Crippen molar-refractivity contribution in [2.24, 2.45) is 7.05 Å². The van der Waals surface area contributed by atoms with Crippen molar-refractivity contribution in [2.45, 2.75) is 0 Å². The van der Waals surface area contributed by atoms with E-state index >= 15 is 0 Å². The Bertz CT molecular complexity index is 542. The molecule has 2 rings (SSSR count). The zero-order valence-electron chi connectivity index (χ0n) is 8.55. The molecule has 0 atom stereocenters. The van der Waals surface area contributed by atoms with Crippen molar-refractivity contribution in [1.29, 1.82) is 0 Å². The van der Waals surface area contributed by atoms with Crippen molar-refractivity contribution >= 4 is 39.1 Å². The number of aromatic nitrogens is 2. The Balaban J connectivity index is 2.10. The second-order valence-corrected chi connectivity index (χ2v) is 5.13. The van der Waals surface area contributed by atoms with E-state index in [4.69, 9.17) is 0 Å². The Morgan fingerprint density at radius 2 is 2.44 bits per heavy atom. The number of carbonyl (C=O) groups excluding carboxylic acids is 1. The van der Waals surface area contributed by atoms with Crippen LogP contribution in [0.3, 0.4) is 0 Å². The lowest BCUT2D eigenvalue weighted by Crippen LogP contribution is -1.91. The minimum absolute atomic E-state index is 0.0300. The summed E-state index contributed by atoms with van der Waals surface area (Å²) in [6, 6.07) is 1.97. The molecule has 0 unspecified atom stereocenters. The molecule has 0 saturated heterocycles. The van der Waals surface area contributed by atoms with Crippen molar-refractivity contribution in [3.8, 4) is 0 Å². The lowest BCUT2D eigenvalue weighted by Gasteiger charge is -1.87. The van der Waals surface area contributed by atoms with Crippen molar-refractivity contribution in [3.63, 3.8) is 0 Å². The van der Waals surface area contributed by atoms with Gasteiger partial charge in [-0.05, 0) is 34.1 Å². The van der Waals surface area contributed by atoms with Gasteiger partial charge >= 0.3 is 0 Å². The monoisotopic (exact) mass is 296 g/mol. The van der Waals surface area contributed by atoms with Crippen LogP contribution in [0.25, 0.3) is 6.08 Å². The number of carbonyl (C=O) groups is 1. The first-order chi connectivity index (χ1) is 7.65. The molecule has 0 radical (unpaired) electrons. The summed E-state index contributed by atoms with van der Waals surface area (Å²) in [7, 11) is 1.79. The smallest absolute Gasteiger partial charge is 0.189 e. The maximum atomic E-state index is 11.7. The van der Waals surface area contributed by atoms with E-state index < -0.39 is 0 Å². The number of hydrogen-bond acceptors (Lipinski definition) is 3. The lowest BCUT2D eigenvalue weighted by atomic mass is 10.2. The topological polar surface area (TPSA) is 34.9 Å². The van der Waals surface area contributed by atoms with Crippen molar-refractivity contribution < 1.29 is 4.79 Å². The molecule has 5 heteroatoms. The van der Waals surface area contributed by atoms with Gasteiger partial charge in [0.25, 0.3) is 0 Å². The number of rotatable bonds is 3. The molecule has 82 valence electrons. The van der Waals surface area contributed by atoms with Crippen LogP contribution >= 0.6 is 27.3 Å². The summed E-state index contributed by atoms with van der Waals surface area (Å²) >= 11 is 4.95. The summed E-state index contributed by atoms with van der Waals surface area (Å²) in [4.78, 5) is 12.7. The number of aryl methyl sites for hydroxylation is 1. The summed E-state index contributed by atoms with van der Waals surface area (Å²) in [5.41, 5.74) is 0.606. The summed E-state index contributed by atoms with van der Waals surface area (Å²) in [5.74, 6) is -0.0300. The van der Waals surface area contributed by atoms with Crippen molar-refractivity contribution in [1.82, 2.24) is 9.78 Å². The highest BCUT2D eigenvalue weighted by Gasteiger charge is 2.03. The number of nitrogens with zero attached hydrogens (tertiary/aromatic N) is 2. The maximum absolute atomic E-state index is 11.7. The molecule has 0 aromatic carbocycles. The average Bonchev–Trinajstić information content (AvgIpc) is 2.84. The Hall–Kier alpha value is -1.20. The number of hydrogen-bond donors (Lipinski definition) is 0. The van der Waals surface area contributed by atoms with Crippen LogP contribution < -0.4 is 0 Å². The quantitative estimate of drug-likeness (QED) is 0.644. The Morgan fingerprint density at radius 1 is 1.62 bits per heavy atom. The molecular weight excluding hydrogens is 288 g/mol. The molecular formula is C11H9BrN2OS. The van der Waals surface area contributed by atoms with E-state index in [1.165, 1.54) is 0 Å². The van der Waals surface area contributed by atoms with Gasteiger partial charge in [-0.3, -0.25) is 9.48 Å². The summed E-state index contributed by atoms with van der Waals surface area (Å²) in [6.45, 7) is 0. The zero-order chi connectivity index (χ0) is 11.5. The molecule has 16 heavy (non-hydrogen) atoms. The molecule has 2 aromatic heterocycles. The summed E-state index contributed by atoms with van der Waals surface area (Å²) in [5, 5.41) is 5.93. The van der Waals surface area contributed by atoms with E-state index in [1.807, 2.05) is 17.5 Å². The van der Waals surface area contributed by atoms with Crippen LogP contribution in [0.1, 0.15) is 15.2 Å². The highest BCUT2D eigenvalue weighted by Crippen LogP contribution is 2.20. The van der Waals surface area contributed by atoms with E-state index in [2.05, 4.69) is 21.0 Å². The Labute approximate surface area is 106 Å². The molecule has 2 heterocycles. The molecule has 2 aromatic rings. The van der Waals surface area contributed by atoms with Crippen LogP contribution in [0.4, 0.5) is 0 Å². The fourth-order valence-corrected chi connectivity index (χ4v) is 2.56. The molecule has 0 bridgehead atoms. The van der Waals surface area contributed by atoms with Crippen LogP contribution in [-0.2, 0) is 7.05 Å². The third kappa shape index (κ3) is 2.68. The van der Waals surface area contributed by atoms with Crippen LogP contribution in [0.5, 0.6) is 0 Å². The highest BCUT2D eigenvalue weighted by molar-refractivity contribution is 9.10. The SMILES string of the molecule is Cn1cc(C(=O)C=Cc2cc(Br)cs2)cn1. The van der Waals surface area contributed by atoms with Crippen LogP contribution in [-0.4, -0.2) is 15.6 Å². The molecule has 0 aliphatic heterocycles. The third-order valence-electron chi connectivity index (χ3n) is 1.98. The summed E-state index contributed by atoms with van der Waals surface area (Å²) in [6.07, 6.45) is 6.65. The molecule has 0 aliphatic carbocycles. The number of halogens is 1. The van der Waals surface area contributed by atoms with E-state index in [0.717, 1.165) is 9.35 Å². The molecule has 0 N–H and O–H groups in total. The normalized spacial score (nSPS) is 11.1. The van der Waals surface area contributed by atoms with Gasteiger partial charge in [0.05, 0.1) is 11.8 Å². The predicted octanol–water partition coefficient (Wildman–Crippen LogP) is 3.14. The number of ketones is 1. The molecule has 0 amide bonds. The predicted molar refractivity (Wildman–Crippen MR) is 68.6 cm³/mol. The summed E-state index contributed by atoms with van der Waals surface area (Å²) < 4.78 is 2.65. The maximum Gasteiger partial charge on any atom is 0.189 e. The highest BCUT2D eigenvalue weighted by atomic mass is 79.9. The zero-order valence-corrected chi connectivity index (χ0v) is 11.0. The number of thiophene rings is 1. The standard InChI is InChI=1S/C11H9BrN2OS/c1-14-6-8(5-13-14)11(15)3-2-10-4-9(12)7-16-10/h2-7H,1H3. The van der Waals surface area contributed by atoms with Gasteiger partial charge in [-0.2, -0.15) is 5.10 Å². The average molecular weight is 297 g/mol. The van der Waals surface area contributed by atoms with Gasteiger partial charge < -0.3 is 0 Å². The van der Waals surface area contributed by atoms with E-state index in [1.54, 1.807) is 41.5 Å². The molecule has 0 fully saturated rings. The Morgan fingerprint density at radius 3 is 3.00 bits per heavy atom. The second kappa shape index (κ2) is 4.76. The van der Waals surface area contributed by atoms with Gasteiger partial charge in [0.1, 0.15) is 0 Å². The van der Waals surface area contributed by atoms with Gasteiger partial charge in [0.15, 0.2) is 5.78 Å². The first kappa shape index (κ1) is 11.3. The van der Waals surface area contributed by atoms with Gasteiger partial charge in [0, 0.05) is 28.0 Å². The van der Waals surface area contributed by atoms with Gasteiger partial charge in [-0.25, -0.2) is 0 Å². The fraction of sp³-hybridized carbons (Fsp3) is 0.0909. The number of allylic oxidation sites excluding steroid dienone is 1. The Kier molecular flexibility index (Phi) is 3.36. The van der Waals surface area contributed by atoms with Crippen LogP contribution in [0, 0.1) is 0 Å². The minimum atomic E-state index is -0.0300. The lowest BCUT2D eigenvalue weighted by molar-refractivity contribution is 0.104. The van der Waals surface area contributed by atoms with E-state index in [0.29, 0.717) is 5.56 Å². The van der Waals surface area contributed by atoms with Gasteiger partial charge in [-0.15, -0.1) is 11.3 Å².